The molecule has 0 saturated carbocycles. The van der Waals surface area contributed by atoms with Crippen molar-refractivity contribution in [1.29, 1.82) is 0 Å². The van der Waals surface area contributed by atoms with Crippen LogP contribution in [0.5, 0.6) is 5.75 Å². The second-order valence-electron chi connectivity index (χ2n) is 7.56. The summed E-state index contributed by atoms with van der Waals surface area (Å²) in [6.07, 6.45) is 0. The molecule has 0 radical (unpaired) electrons. The van der Waals surface area contributed by atoms with E-state index in [1.54, 1.807) is 44.2 Å². The van der Waals surface area contributed by atoms with Crippen molar-refractivity contribution in [2.24, 2.45) is 0 Å². The minimum Gasteiger partial charge on any atom is -0.483 e. The lowest BCUT2D eigenvalue weighted by Crippen LogP contribution is -2.22. The van der Waals surface area contributed by atoms with E-state index in [1.165, 1.54) is 37.4 Å². The third kappa shape index (κ3) is 6.73. The lowest BCUT2D eigenvalue weighted by molar-refractivity contribution is -0.118. The number of sulfonamides is 2. The number of anilines is 2. The van der Waals surface area contributed by atoms with Crippen molar-refractivity contribution in [3.05, 3.63) is 76.8 Å². The van der Waals surface area contributed by atoms with Gasteiger partial charge in [-0.05, 0) is 86.6 Å². The molecular weight excluding hydrogens is 514 g/mol. The summed E-state index contributed by atoms with van der Waals surface area (Å²) in [5, 5.41) is 3.12. The summed E-state index contributed by atoms with van der Waals surface area (Å²) in [5.41, 5.74) is 1.88. The fourth-order valence-electron chi connectivity index (χ4n) is 3.03. The van der Waals surface area contributed by atoms with Gasteiger partial charge in [0, 0.05) is 16.4 Å². The Morgan fingerprint density at radius 1 is 0.857 bits per heavy atom. The second kappa shape index (κ2) is 10.6. The first-order valence-electron chi connectivity index (χ1n) is 10.3. The van der Waals surface area contributed by atoms with Crippen LogP contribution in [0, 0.1) is 13.8 Å². The summed E-state index contributed by atoms with van der Waals surface area (Å²) in [7, 11) is -6.21. The zero-order chi connectivity index (χ0) is 25.8. The lowest BCUT2D eigenvalue weighted by Gasteiger charge is -2.13. The van der Waals surface area contributed by atoms with Crippen LogP contribution in [0.4, 0.5) is 11.4 Å². The highest BCUT2D eigenvalue weighted by Gasteiger charge is 2.17. The van der Waals surface area contributed by atoms with Gasteiger partial charge in [-0.25, -0.2) is 21.6 Å². The molecule has 0 saturated heterocycles. The Bertz CT molecular complexity index is 1460. The molecule has 3 N–H and O–H groups in total. The van der Waals surface area contributed by atoms with Crippen molar-refractivity contribution >= 4 is 48.9 Å². The van der Waals surface area contributed by atoms with E-state index in [-0.39, 0.29) is 16.4 Å². The van der Waals surface area contributed by atoms with Crippen LogP contribution >= 0.6 is 11.6 Å². The SMILES string of the molecule is CNS(=O)(=O)c1ccc(C)c(NC(=O)COc2ccc(S(=O)(=O)Nc3ccc(Cl)cc3)cc2C)c1. The fourth-order valence-corrected chi connectivity index (χ4v) is 5.06. The van der Waals surface area contributed by atoms with E-state index in [0.717, 1.165) is 0 Å². The van der Waals surface area contributed by atoms with Gasteiger partial charge in [0.2, 0.25) is 10.0 Å². The number of carbonyl (C=O) groups excluding carboxylic acids is 1. The van der Waals surface area contributed by atoms with E-state index < -0.39 is 26.0 Å². The summed E-state index contributed by atoms with van der Waals surface area (Å²) >= 11 is 5.83. The molecule has 0 aliphatic rings. The predicted molar refractivity (Wildman–Crippen MR) is 135 cm³/mol. The van der Waals surface area contributed by atoms with Crippen LogP contribution in [0.15, 0.2) is 70.5 Å². The Kier molecular flexibility index (Phi) is 8.06. The van der Waals surface area contributed by atoms with Gasteiger partial charge in [-0.1, -0.05) is 17.7 Å². The smallest absolute Gasteiger partial charge is 0.262 e. The number of carbonyl (C=O) groups is 1. The van der Waals surface area contributed by atoms with Crippen molar-refractivity contribution in [1.82, 2.24) is 4.72 Å². The normalized spacial score (nSPS) is 11.7. The molecule has 3 aromatic carbocycles. The first-order chi connectivity index (χ1) is 16.4. The number of hydrogen-bond donors (Lipinski definition) is 3. The highest BCUT2D eigenvalue weighted by atomic mass is 35.5. The van der Waals surface area contributed by atoms with E-state index in [0.29, 0.717) is 33.3 Å². The van der Waals surface area contributed by atoms with Crippen molar-refractivity contribution < 1.29 is 26.4 Å². The zero-order valence-corrected chi connectivity index (χ0v) is 21.5. The predicted octanol–water partition coefficient (Wildman–Crippen LogP) is 3.68. The van der Waals surface area contributed by atoms with Gasteiger partial charge in [0.1, 0.15) is 5.75 Å². The molecule has 0 fully saturated rings. The van der Waals surface area contributed by atoms with E-state index in [4.69, 9.17) is 16.3 Å². The van der Waals surface area contributed by atoms with Gasteiger partial charge >= 0.3 is 0 Å². The van der Waals surface area contributed by atoms with E-state index in [1.807, 2.05) is 0 Å². The summed E-state index contributed by atoms with van der Waals surface area (Å²) < 4.78 is 59.6. The van der Waals surface area contributed by atoms with Crippen LogP contribution in [0.2, 0.25) is 5.02 Å². The molecule has 0 spiro atoms. The average molecular weight is 538 g/mol. The average Bonchev–Trinajstić information content (AvgIpc) is 2.81. The molecule has 0 atom stereocenters. The number of halogens is 1. The van der Waals surface area contributed by atoms with Crippen molar-refractivity contribution in [2.45, 2.75) is 23.6 Å². The van der Waals surface area contributed by atoms with Crippen molar-refractivity contribution in [3.8, 4) is 5.75 Å². The summed E-state index contributed by atoms with van der Waals surface area (Å²) in [4.78, 5) is 12.5. The highest BCUT2D eigenvalue weighted by Crippen LogP contribution is 2.25. The Morgan fingerprint density at radius 3 is 2.11 bits per heavy atom. The van der Waals surface area contributed by atoms with Crippen LogP contribution in [0.3, 0.4) is 0 Å². The minimum atomic E-state index is -3.84. The van der Waals surface area contributed by atoms with Crippen LogP contribution in [0.1, 0.15) is 11.1 Å². The molecule has 0 aliphatic carbocycles. The molecule has 12 heteroatoms. The standard InChI is InChI=1S/C23H24ClN3O6S2/c1-15-4-9-20(34(29,30)25-3)13-21(15)26-23(28)14-33-22-11-10-19(12-16(22)2)35(31,32)27-18-7-5-17(24)6-8-18/h4-13,25,27H,14H2,1-3H3,(H,26,28). The summed E-state index contributed by atoms with van der Waals surface area (Å²) in [6, 6.07) is 14.9. The minimum absolute atomic E-state index is 0.0154. The summed E-state index contributed by atoms with van der Waals surface area (Å²) in [5.74, 6) is -0.179. The highest BCUT2D eigenvalue weighted by molar-refractivity contribution is 7.92. The fraction of sp³-hybridized carbons (Fsp3) is 0.174. The van der Waals surface area contributed by atoms with Gasteiger partial charge in [-0.2, -0.15) is 0 Å². The first-order valence-corrected chi connectivity index (χ1v) is 13.6. The molecule has 3 aromatic rings. The molecule has 35 heavy (non-hydrogen) atoms. The maximum absolute atomic E-state index is 12.7. The zero-order valence-electron chi connectivity index (χ0n) is 19.1. The topological polar surface area (TPSA) is 131 Å². The Labute approximate surface area is 209 Å². The first kappa shape index (κ1) is 26.5. The van der Waals surface area contributed by atoms with E-state index in [9.17, 15) is 21.6 Å². The van der Waals surface area contributed by atoms with Crippen molar-refractivity contribution in [3.63, 3.8) is 0 Å². The van der Waals surface area contributed by atoms with E-state index >= 15 is 0 Å². The Hall–Kier alpha value is -3.12. The van der Waals surface area contributed by atoms with Gasteiger partial charge in [-0.3, -0.25) is 9.52 Å². The van der Waals surface area contributed by atoms with Gasteiger partial charge in [-0.15, -0.1) is 0 Å². The third-order valence-electron chi connectivity index (χ3n) is 4.97. The van der Waals surface area contributed by atoms with Crippen LogP contribution in [0.25, 0.3) is 0 Å². The number of hydrogen-bond acceptors (Lipinski definition) is 6. The number of rotatable bonds is 9. The van der Waals surface area contributed by atoms with Crippen molar-refractivity contribution in [2.75, 3.05) is 23.7 Å². The molecule has 9 nitrogen and oxygen atoms in total. The number of ether oxygens (including phenoxy) is 1. The molecule has 0 unspecified atom stereocenters. The van der Waals surface area contributed by atoms with Gasteiger partial charge in [0.15, 0.2) is 6.61 Å². The number of amides is 1. The maximum atomic E-state index is 12.7. The molecule has 0 bridgehead atoms. The molecular formula is C23H24ClN3O6S2. The molecule has 186 valence electrons. The number of benzene rings is 3. The van der Waals surface area contributed by atoms with Crippen LogP contribution in [-0.4, -0.2) is 36.4 Å². The molecule has 3 rings (SSSR count). The molecule has 0 aromatic heterocycles. The van der Waals surface area contributed by atoms with Crippen LogP contribution in [-0.2, 0) is 24.8 Å². The monoisotopic (exact) mass is 537 g/mol. The number of aryl methyl sites for hydroxylation is 2. The number of nitrogens with one attached hydrogen (secondary N) is 3. The molecule has 1 amide bonds. The van der Waals surface area contributed by atoms with E-state index in [2.05, 4.69) is 14.8 Å². The largest absolute Gasteiger partial charge is 0.483 e. The lowest BCUT2D eigenvalue weighted by atomic mass is 10.2. The second-order valence-corrected chi connectivity index (χ2v) is 11.6. The Morgan fingerprint density at radius 2 is 1.49 bits per heavy atom. The maximum Gasteiger partial charge on any atom is 0.262 e. The molecule has 0 aliphatic heterocycles. The van der Waals surface area contributed by atoms with Gasteiger partial charge in [0.25, 0.3) is 15.9 Å². The summed E-state index contributed by atoms with van der Waals surface area (Å²) in [6.45, 7) is 3.02. The molecule has 0 heterocycles. The Balaban J connectivity index is 1.67. The quantitative estimate of drug-likeness (QED) is 0.381. The van der Waals surface area contributed by atoms with Gasteiger partial charge < -0.3 is 10.1 Å². The third-order valence-corrected chi connectivity index (χ3v) is 8.02. The van der Waals surface area contributed by atoms with Crippen LogP contribution < -0.4 is 19.5 Å². The van der Waals surface area contributed by atoms with Gasteiger partial charge in [0.05, 0.1) is 9.79 Å².